The number of piperidine rings is 1. The third kappa shape index (κ3) is 3.91. The number of pyridine rings is 1. The van der Waals surface area contributed by atoms with E-state index in [2.05, 4.69) is 35.3 Å². The molecule has 0 aliphatic carbocycles. The lowest BCUT2D eigenvalue weighted by atomic mass is 9.96. The van der Waals surface area contributed by atoms with Crippen LogP contribution in [-0.2, 0) is 4.79 Å². The molecule has 0 unspecified atom stereocenters. The number of amides is 1. The molecule has 0 aromatic carbocycles. The smallest absolute Gasteiger partial charge is 0.228 e. The number of rotatable bonds is 4. The Hall–Kier alpha value is -3.36. The van der Waals surface area contributed by atoms with E-state index in [9.17, 15) is 4.79 Å². The van der Waals surface area contributed by atoms with E-state index in [0.717, 1.165) is 37.3 Å². The van der Waals surface area contributed by atoms with E-state index >= 15 is 0 Å². The van der Waals surface area contributed by atoms with Gasteiger partial charge < -0.3 is 10.2 Å². The van der Waals surface area contributed by atoms with E-state index in [1.807, 2.05) is 25.1 Å². The second-order valence-corrected chi connectivity index (χ2v) is 6.55. The first-order chi connectivity index (χ1) is 13.2. The van der Waals surface area contributed by atoms with Crippen molar-refractivity contribution in [1.29, 1.82) is 0 Å². The summed E-state index contributed by atoms with van der Waals surface area (Å²) in [5.41, 5.74) is 1.07. The molecule has 1 fully saturated rings. The number of hydrogen-bond acceptors (Lipinski definition) is 7. The number of carbonyl (C=O) groups excluding carboxylic acids is 1. The Bertz CT molecular complexity index is 901. The fourth-order valence-electron chi connectivity index (χ4n) is 3.10. The normalized spacial score (nSPS) is 14.9. The highest BCUT2D eigenvalue weighted by molar-refractivity contribution is 5.91. The van der Waals surface area contributed by atoms with Crippen molar-refractivity contribution in [2.75, 3.05) is 23.3 Å². The molecule has 138 valence electrons. The maximum Gasteiger partial charge on any atom is 0.228 e. The van der Waals surface area contributed by atoms with Crippen LogP contribution in [0.15, 0.2) is 43.4 Å². The Labute approximate surface area is 156 Å². The van der Waals surface area contributed by atoms with Crippen molar-refractivity contribution in [2.45, 2.75) is 19.8 Å². The molecule has 4 rings (SSSR count). The first-order valence-electron chi connectivity index (χ1n) is 8.84. The van der Waals surface area contributed by atoms with E-state index in [-0.39, 0.29) is 11.8 Å². The van der Waals surface area contributed by atoms with E-state index in [1.54, 1.807) is 17.2 Å². The molecule has 0 spiro atoms. The van der Waals surface area contributed by atoms with E-state index in [0.29, 0.717) is 11.6 Å². The number of hydrogen-bond donors (Lipinski definition) is 1. The SMILES string of the molecule is Cc1ccc(NC(=O)C2CCN(c3cc(-n4cncn4)ncn3)CC2)nc1. The van der Waals surface area contributed by atoms with Crippen molar-refractivity contribution < 1.29 is 4.79 Å². The largest absolute Gasteiger partial charge is 0.356 e. The topological polar surface area (TPSA) is 102 Å². The van der Waals surface area contributed by atoms with Gasteiger partial charge in [0.1, 0.15) is 30.6 Å². The molecule has 0 atom stereocenters. The number of anilines is 2. The van der Waals surface area contributed by atoms with Gasteiger partial charge in [-0.05, 0) is 31.4 Å². The molecule has 9 nitrogen and oxygen atoms in total. The highest BCUT2D eigenvalue weighted by Crippen LogP contribution is 2.23. The summed E-state index contributed by atoms with van der Waals surface area (Å²) in [4.78, 5) is 31.4. The zero-order valence-corrected chi connectivity index (χ0v) is 15.0. The van der Waals surface area contributed by atoms with Crippen molar-refractivity contribution >= 4 is 17.5 Å². The summed E-state index contributed by atoms with van der Waals surface area (Å²) in [5.74, 6) is 2.09. The van der Waals surface area contributed by atoms with E-state index < -0.39 is 0 Å². The first kappa shape index (κ1) is 17.1. The van der Waals surface area contributed by atoms with Crippen LogP contribution in [0.4, 0.5) is 11.6 Å². The van der Waals surface area contributed by atoms with Crippen LogP contribution in [0.25, 0.3) is 5.82 Å². The van der Waals surface area contributed by atoms with Crippen LogP contribution in [0.3, 0.4) is 0 Å². The second-order valence-electron chi connectivity index (χ2n) is 6.55. The molecule has 0 radical (unpaired) electrons. The van der Waals surface area contributed by atoms with Crippen molar-refractivity contribution in [1.82, 2.24) is 29.7 Å². The zero-order chi connectivity index (χ0) is 18.6. The molecule has 1 saturated heterocycles. The van der Waals surface area contributed by atoms with Gasteiger partial charge in [-0.15, -0.1) is 0 Å². The summed E-state index contributed by atoms with van der Waals surface area (Å²) >= 11 is 0. The van der Waals surface area contributed by atoms with Crippen molar-refractivity contribution in [3.8, 4) is 5.82 Å². The van der Waals surface area contributed by atoms with Crippen LogP contribution in [-0.4, -0.2) is 48.7 Å². The maximum atomic E-state index is 12.5. The summed E-state index contributed by atoms with van der Waals surface area (Å²) < 4.78 is 1.60. The van der Waals surface area contributed by atoms with Gasteiger partial charge in [-0.3, -0.25) is 4.79 Å². The van der Waals surface area contributed by atoms with Crippen LogP contribution in [0.1, 0.15) is 18.4 Å². The van der Waals surface area contributed by atoms with Crippen molar-refractivity contribution in [3.05, 3.63) is 48.9 Å². The molecule has 1 amide bonds. The van der Waals surface area contributed by atoms with Crippen molar-refractivity contribution in [2.24, 2.45) is 5.92 Å². The Kier molecular flexibility index (Phi) is 4.73. The summed E-state index contributed by atoms with van der Waals surface area (Å²) in [7, 11) is 0. The fourth-order valence-corrected chi connectivity index (χ4v) is 3.10. The molecule has 1 aliphatic rings. The molecule has 1 N–H and O–H groups in total. The maximum absolute atomic E-state index is 12.5. The van der Waals surface area contributed by atoms with Gasteiger partial charge in [0.25, 0.3) is 0 Å². The number of aryl methyl sites for hydroxylation is 1. The highest BCUT2D eigenvalue weighted by atomic mass is 16.1. The molecular formula is C18H20N8O. The quantitative estimate of drug-likeness (QED) is 0.750. The lowest BCUT2D eigenvalue weighted by molar-refractivity contribution is -0.120. The van der Waals surface area contributed by atoms with Gasteiger partial charge in [-0.25, -0.2) is 24.6 Å². The third-order valence-electron chi connectivity index (χ3n) is 4.64. The monoisotopic (exact) mass is 364 g/mol. The molecule has 0 saturated carbocycles. The minimum Gasteiger partial charge on any atom is -0.356 e. The molecule has 0 bridgehead atoms. The Balaban J connectivity index is 1.37. The van der Waals surface area contributed by atoms with Gasteiger partial charge in [-0.2, -0.15) is 5.10 Å². The van der Waals surface area contributed by atoms with Crippen LogP contribution < -0.4 is 10.2 Å². The van der Waals surface area contributed by atoms with Crippen LogP contribution in [0.2, 0.25) is 0 Å². The third-order valence-corrected chi connectivity index (χ3v) is 4.64. The molecule has 3 aromatic rings. The average Bonchev–Trinajstić information content (AvgIpc) is 3.25. The first-order valence-corrected chi connectivity index (χ1v) is 8.84. The summed E-state index contributed by atoms with van der Waals surface area (Å²) in [6.07, 6.45) is 7.87. The van der Waals surface area contributed by atoms with Crippen LogP contribution in [0.5, 0.6) is 0 Å². The standard InChI is InChI=1S/C18H20N8O/c1-13-2-3-15(20-9-13)24-18(27)14-4-6-25(7-5-14)16-8-17(22-11-21-16)26-12-19-10-23-26/h2-3,8-12,14H,4-7H2,1H3,(H,20,24,27). The predicted octanol–water partition coefficient (Wildman–Crippen LogP) is 1.62. The Morgan fingerprint density at radius 1 is 1.11 bits per heavy atom. The molecule has 9 heteroatoms. The highest BCUT2D eigenvalue weighted by Gasteiger charge is 2.26. The van der Waals surface area contributed by atoms with Gasteiger partial charge in [-0.1, -0.05) is 6.07 Å². The van der Waals surface area contributed by atoms with Crippen LogP contribution >= 0.6 is 0 Å². The molecule has 1 aliphatic heterocycles. The lowest BCUT2D eigenvalue weighted by Gasteiger charge is -2.32. The van der Waals surface area contributed by atoms with Gasteiger partial charge in [0.05, 0.1) is 0 Å². The van der Waals surface area contributed by atoms with Gasteiger partial charge in [0.2, 0.25) is 5.91 Å². The average molecular weight is 364 g/mol. The predicted molar refractivity (Wildman–Crippen MR) is 99.5 cm³/mol. The fraction of sp³-hybridized carbons (Fsp3) is 0.333. The van der Waals surface area contributed by atoms with Crippen LogP contribution in [0, 0.1) is 12.8 Å². The lowest BCUT2D eigenvalue weighted by Crippen LogP contribution is -2.38. The summed E-state index contributed by atoms with van der Waals surface area (Å²) in [5, 5.41) is 7.00. The molecular weight excluding hydrogens is 344 g/mol. The van der Waals surface area contributed by atoms with E-state index in [1.165, 1.54) is 12.7 Å². The number of nitrogens with one attached hydrogen (secondary N) is 1. The second kappa shape index (κ2) is 7.48. The Morgan fingerprint density at radius 2 is 1.93 bits per heavy atom. The van der Waals surface area contributed by atoms with Gasteiger partial charge in [0.15, 0.2) is 5.82 Å². The minimum absolute atomic E-state index is 0.0250. The van der Waals surface area contributed by atoms with Gasteiger partial charge >= 0.3 is 0 Å². The molecule has 3 aromatic heterocycles. The van der Waals surface area contributed by atoms with Crippen molar-refractivity contribution in [3.63, 3.8) is 0 Å². The zero-order valence-electron chi connectivity index (χ0n) is 15.0. The molecule has 27 heavy (non-hydrogen) atoms. The number of aromatic nitrogens is 6. The summed E-state index contributed by atoms with van der Waals surface area (Å²) in [6.45, 7) is 3.48. The Morgan fingerprint density at radius 3 is 2.63 bits per heavy atom. The minimum atomic E-state index is -0.0269. The number of carbonyl (C=O) groups is 1. The van der Waals surface area contributed by atoms with E-state index in [4.69, 9.17) is 0 Å². The summed E-state index contributed by atoms with van der Waals surface area (Å²) in [6, 6.07) is 5.65. The molecule has 4 heterocycles. The van der Waals surface area contributed by atoms with Gasteiger partial charge in [0, 0.05) is 31.3 Å². The number of nitrogens with zero attached hydrogens (tertiary/aromatic N) is 7.